The van der Waals surface area contributed by atoms with Crippen LogP contribution in [0.15, 0.2) is 85.1 Å². The molecule has 0 radical (unpaired) electrons. The van der Waals surface area contributed by atoms with Gasteiger partial charge in [0.1, 0.15) is 5.82 Å². The molecule has 6 aromatic rings. The Kier molecular flexibility index (Phi) is 5.82. The number of nitrogens with zero attached hydrogens (tertiary/aromatic N) is 4. The van der Waals surface area contributed by atoms with E-state index in [9.17, 15) is 0 Å². The first-order chi connectivity index (χ1) is 19.3. The molecule has 1 fully saturated rings. The van der Waals surface area contributed by atoms with Gasteiger partial charge in [-0.3, -0.25) is 0 Å². The first kappa shape index (κ1) is 26.2. The van der Waals surface area contributed by atoms with Gasteiger partial charge in [-0.1, -0.05) is 42.8 Å². The van der Waals surface area contributed by atoms with Crippen LogP contribution in [-0.4, -0.2) is 23.3 Å². The van der Waals surface area contributed by atoms with Gasteiger partial charge in [0.05, 0.1) is 13.7 Å². The third-order valence-corrected chi connectivity index (χ3v) is 8.60. The van der Waals surface area contributed by atoms with Crippen LogP contribution in [0.2, 0.25) is 0 Å². The topological polar surface area (TPSA) is 27.1 Å². The van der Waals surface area contributed by atoms with E-state index in [0.717, 1.165) is 44.6 Å². The summed E-state index contributed by atoms with van der Waals surface area (Å²) in [6.45, 7) is 9.88. The van der Waals surface area contributed by atoms with E-state index >= 15 is 0 Å². The second kappa shape index (κ2) is 9.12. The molecule has 41 heavy (non-hydrogen) atoms. The number of aryl methyl sites for hydroxylation is 3. The van der Waals surface area contributed by atoms with E-state index in [2.05, 4.69) is 111 Å². The zero-order valence-electron chi connectivity index (χ0n) is 23.4. The van der Waals surface area contributed by atoms with Crippen molar-refractivity contribution in [2.75, 3.05) is 13.7 Å². The number of para-hydroxylation sites is 1. The maximum Gasteiger partial charge on any atom is 0.179 e. The number of hydrogen-bond donors (Lipinski definition) is 0. The average Bonchev–Trinajstić information content (AvgIpc) is 3.47. The van der Waals surface area contributed by atoms with Crippen LogP contribution < -0.4 is 13.7 Å². The minimum absolute atomic E-state index is 0. The van der Waals surface area contributed by atoms with Crippen molar-refractivity contribution < 1.29 is 25.8 Å². The predicted molar refractivity (Wildman–Crippen MR) is 162 cm³/mol. The molecule has 6 heteroatoms. The molecule has 0 unspecified atom stereocenters. The summed E-state index contributed by atoms with van der Waals surface area (Å²) in [6, 6.07) is 34.7. The van der Waals surface area contributed by atoms with Gasteiger partial charge in [0.25, 0.3) is 0 Å². The molecule has 9 rings (SSSR count). The van der Waals surface area contributed by atoms with E-state index in [0.29, 0.717) is 16.0 Å². The molecule has 0 aliphatic carbocycles. The first-order valence-electron chi connectivity index (χ1n) is 13.7. The van der Waals surface area contributed by atoms with Crippen molar-refractivity contribution in [2.24, 2.45) is 0 Å². The number of benzene rings is 4. The van der Waals surface area contributed by atoms with Crippen LogP contribution in [0.3, 0.4) is 0 Å². The summed E-state index contributed by atoms with van der Waals surface area (Å²) in [6.07, 6.45) is 1.82. The number of aromatic nitrogens is 2. The summed E-state index contributed by atoms with van der Waals surface area (Å²) in [5.41, 5.74) is 9.66. The van der Waals surface area contributed by atoms with Crippen LogP contribution in [-0.2, 0) is 21.1 Å². The third kappa shape index (κ3) is 3.76. The van der Waals surface area contributed by atoms with Crippen molar-refractivity contribution in [3.63, 3.8) is 0 Å². The van der Waals surface area contributed by atoms with Crippen LogP contribution in [0.25, 0.3) is 27.6 Å². The van der Waals surface area contributed by atoms with Gasteiger partial charge in [0, 0.05) is 62.1 Å². The molecule has 1 saturated heterocycles. The molecule has 3 aliphatic rings. The van der Waals surface area contributed by atoms with Crippen molar-refractivity contribution in [3.8, 4) is 17.3 Å². The van der Waals surface area contributed by atoms with Gasteiger partial charge in [0.15, 0.2) is 18.0 Å². The predicted octanol–water partition coefficient (Wildman–Crippen LogP) is 8.17. The molecule has 5 heterocycles. The molecule has 3 aliphatic heterocycles. The molecule has 206 valence electrons. The Morgan fingerprint density at radius 2 is 1.59 bits per heavy atom. The normalized spacial score (nSPS) is 20.5. The van der Waals surface area contributed by atoms with Gasteiger partial charge in [0.2, 0.25) is 0 Å². The number of fused-ring (bicyclic) bond motifs is 3. The van der Waals surface area contributed by atoms with Gasteiger partial charge in [-0.25, -0.2) is 4.98 Å². The zero-order chi connectivity index (χ0) is 27.2. The fourth-order valence-electron chi connectivity index (χ4n) is 6.64. The Morgan fingerprint density at radius 1 is 0.829 bits per heavy atom. The summed E-state index contributed by atoms with van der Waals surface area (Å²) in [5.74, 6) is 2.21. The fourth-order valence-corrected chi connectivity index (χ4v) is 6.64. The average molecular weight is 717 g/mol. The molecule has 2 aromatic heterocycles. The van der Waals surface area contributed by atoms with E-state index in [1.54, 1.807) is 0 Å². The molecule has 2 atom stereocenters. The van der Waals surface area contributed by atoms with Gasteiger partial charge in [-0.15, -0.1) is 29.7 Å². The van der Waals surface area contributed by atoms with Crippen LogP contribution in [0.5, 0.6) is 11.5 Å². The maximum absolute atomic E-state index is 6.50. The monoisotopic (exact) mass is 716 g/mol. The Bertz CT molecular complexity index is 1990. The van der Waals surface area contributed by atoms with Crippen LogP contribution in [0, 0.1) is 39.6 Å². The fraction of sp³-hybridized carbons (Fsp3) is 0.143. The maximum atomic E-state index is 6.50. The summed E-state index contributed by atoms with van der Waals surface area (Å²) < 4.78 is 10.2. The zero-order valence-corrected chi connectivity index (χ0v) is 25.7. The molecule has 0 spiro atoms. The van der Waals surface area contributed by atoms with Crippen molar-refractivity contribution in [2.45, 2.75) is 20.8 Å². The Balaban J connectivity index is 0.00000276. The molecule has 4 aromatic carbocycles. The second-order valence-electron chi connectivity index (χ2n) is 11.5. The number of hydrogen-bond acceptors (Lipinski definition) is 2. The van der Waals surface area contributed by atoms with Gasteiger partial charge < -0.3 is 18.3 Å². The quantitative estimate of drug-likeness (QED) is 0.136. The van der Waals surface area contributed by atoms with Crippen molar-refractivity contribution in [1.29, 1.82) is 0 Å². The SMILES string of the molecule is Cc1cc(Oc2[c-]c3c(cc2)c2ccccc2n3-c2ccccn2)[c-]c([N@@+]23[CH-][N@@+](C)(C2)c2cc(C)c(C)cc23)c1.[Pt]. The number of ether oxygens (including phenoxy) is 1. The summed E-state index contributed by atoms with van der Waals surface area (Å²) >= 11 is 0. The molecule has 0 N–H and O–H groups in total. The Hall–Kier alpha value is -3.76. The van der Waals surface area contributed by atoms with Crippen LogP contribution in [0.4, 0.5) is 17.1 Å². The Labute approximate surface area is 254 Å². The molecular weight excluding hydrogens is 687 g/mol. The van der Waals surface area contributed by atoms with Gasteiger partial charge in [-0.2, -0.15) is 11.6 Å². The third-order valence-electron chi connectivity index (χ3n) is 8.60. The molecule has 5 nitrogen and oxygen atoms in total. The summed E-state index contributed by atoms with van der Waals surface area (Å²) in [7, 11) is 2.29. The largest absolute Gasteiger partial charge is 0.509 e. The Morgan fingerprint density at radius 3 is 2.37 bits per heavy atom. The molecule has 0 saturated carbocycles. The second-order valence-corrected chi connectivity index (χ2v) is 11.5. The molecule has 2 bridgehead atoms. The van der Waals surface area contributed by atoms with Crippen LogP contribution in [0.1, 0.15) is 16.7 Å². The van der Waals surface area contributed by atoms with Crippen molar-refractivity contribution in [1.82, 2.24) is 18.5 Å². The van der Waals surface area contributed by atoms with Crippen LogP contribution >= 0.6 is 0 Å². The van der Waals surface area contributed by atoms with E-state index in [1.165, 1.54) is 27.9 Å². The van der Waals surface area contributed by atoms with Crippen molar-refractivity contribution in [3.05, 3.63) is 121 Å². The molecular formula is C35H29N4OPt-. The molecule has 0 amide bonds. The number of pyridine rings is 1. The van der Waals surface area contributed by atoms with E-state index in [4.69, 9.17) is 4.74 Å². The van der Waals surface area contributed by atoms with Gasteiger partial charge >= 0.3 is 0 Å². The minimum Gasteiger partial charge on any atom is -0.509 e. The summed E-state index contributed by atoms with van der Waals surface area (Å²) in [5, 5.41) is 2.28. The first-order valence-corrected chi connectivity index (χ1v) is 13.7. The number of rotatable bonds is 4. The summed E-state index contributed by atoms with van der Waals surface area (Å²) in [4.78, 5) is 4.64. The van der Waals surface area contributed by atoms with E-state index in [1.807, 2.05) is 30.5 Å². The standard InChI is InChI=1S/C35H29N4O.Pt/c1-23-15-26(39-21-38(4,22-39)33-17-24(2)25(3)18-34(33)39)19-28(16-23)40-27-12-13-30-29-9-5-6-10-31(29)37(32(30)20-27)35-11-7-8-14-36-35;/h5-18,21H,22H2,1-4H3;/q-1;/t38-,39+;/m0./s1. The number of quaternary nitrogens is 2. The van der Waals surface area contributed by atoms with Crippen molar-refractivity contribution >= 4 is 38.9 Å². The van der Waals surface area contributed by atoms with E-state index in [-0.39, 0.29) is 21.1 Å². The smallest absolute Gasteiger partial charge is 0.179 e. The minimum atomic E-state index is 0. The van der Waals surface area contributed by atoms with Gasteiger partial charge in [-0.05, 0) is 48.6 Å². The van der Waals surface area contributed by atoms with E-state index < -0.39 is 0 Å².